The molecule has 0 aliphatic heterocycles. The van der Waals surface area contributed by atoms with E-state index < -0.39 is 12.2 Å². The van der Waals surface area contributed by atoms with Gasteiger partial charge in [0.25, 0.3) is 5.56 Å². The maximum Gasteiger partial charge on any atom is 0.275 e. The van der Waals surface area contributed by atoms with Crippen molar-refractivity contribution in [1.82, 2.24) is 14.6 Å². The summed E-state index contributed by atoms with van der Waals surface area (Å²) in [7, 11) is 0. The summed E-state index contributed by atoms with van der Waals surface area (Å²) >= 11 is 0. The first kappa shape index (κ1) is 13.1. The van der Waals surface area contributed by atoms with Crippen LogP contribution in [0.3, 0.4) is 0 Å². The van der Waals surface area contributed by atoms with E-state index in [1.54, 1.807) is 0 Å². The molecule has 0 fully saturated rings. The average Bonchev–Trinajstić information content (AvgIpc) is 2.83. The van der Waals surface area contributed by atoms with Crippen molar-refractivity contribution < 1.29 is 10.2 Å². The fourth-order valence-electron chi connectivity index (χ4n) is 1.74. The smallest absolute Gasteiger partial charge is 0.275 e. The van der Waals surface area contributed by atoms with E-state index in [0.29, 0.717) is 5.56 Å². The lowest BCUT2D eigenvalue weighted by molar-refractivity contribution is 0.0151. The normalized spacial score (nSPS) is 14.0. The maximum absolute atomic E-state index is 11.5. The summed E-state index contributed by atoms with van der Waals surface area (Å²) in [4.78, 5) is 16.4. The standard InChI is InChI=1S/C10H12N6O3/c11-15-13-2-1-8(17)9(18)6-3-7-10(19)12-5-14-16(7)4-6/h3-5,8-9,17-18H,1-2H2,(H,12,14,19). The van der Waals surface area contributed by atoms with Gasteiger partial charge in [0, 0.05) is 23.2 Å². The summed E-state index contributed by atoms with van der Waals surface area (Å²) in [5, 5.41) is 26.8. The summed E-state index contributed by atoms with van der Waals surface area (Å²) in [5.74, 6) is 0. The first-order chi connectivity index (χ1) is 9.13. The Kier molecular flexibility index (Phi) is 3.81. The molecule has 0 bridgehead atoms. The molecule has 0 saturated heterocycles. The van der Waals surface area contributed by atoms with E-state index in [-0.39, 0.29) is 24.0 Å². The number of aromatic nitrogens is 3. The van der Waals surface area contributed by atoms with Crippen molar-refractivity contribution in [2.24, 2.45) is 5.11 Å². The zero-order valence-electron chi connectivity index (χ0n) is 9.84. The van der Waals surface area contributed by atoms with Crippen LogP contribution in [0, 0.1) is 0 Å². The highest BCUT2D eigenvalue weighted by Gasteiger charge is 2.20. The Balaban J connectivity index is 2.21. The molecule has 2 atom stereocenters. The fourth-order valence-corrected chi connectivity index (χ4v) is 1.74. The lowest BCUT2D eigenvalue weighted by Gasteiger charge is -2.15. The molecule has 2 unspecified atom stereocenters. The van der Waals surface area contributed by atoms with Gasteiger partial charge in [0.15, 0.2) is 0 Å². The second-order valence-corrected chi connectivity index (χ2v) is 3.98. The van der Waals surface area contributed by atoms with Gasteiger partial charge in [-0.25, -0.2) is 4.52 Å². The molecule has 19 heavy (non-hydrogen) atoms. The highest BCUT2D eigenvalue weighted by molar-refractivity contribution is 5.47. The molecule has 0 aromatic carbocycles. The molecule has 2 aromatic rings. The first-order valence-electron chi connectivity index (χ1n) is 5.56. The predicted octanol–water partition coefficient (Wildman–Crippen LogP) is 0.117. The van der Waals surface area contributed by atoms with Gasteiger partial charge in [0.1, 0.15) is 17.9 Å². The summed E-state index contributed by atoms with van der Waals surface area (Å²) in [6.07, 6.45) is 0.577. The molecule has 2 rings (SSSR count). The monoisotopic (exact) mass is 264 g/mol. The Morgan fingerprint density at radius 2 is 2.37 bits per heavy atom. The molecule has 2 aromatic heterocycles. The van der Waals surface area contributed by atoms with Crippen LogP contribution in [0.2, 0.25) is 0 Å². The van der Waals surface area contributed by atoms with Gasteiger partial charge in [-0.3, -0.25) is 4.79 Å². The summed E-state index contributed by atoms with van der Waals surface area (Å²) in [5.41, 5.74) is 8.44. The Bertz CT molecular complexity index is 671. The van der Waals surface area contributed by atoms with Crippen molar-refractivity contribution in [3.05, 3.63) is 45.0 Å². The van der Waals surface area contributed by atoms with E-state index in [1.165, 1.54) is 23.1 Å². The Morgan fingerprint density at radius 1 is 1.58 bits per heavy atom. The zero-order chi connectivity index (χ0) is 13.8. The molecule has 0 aliphatic rings. The number of H-pyrrole nitrogens is 1. The van der Waals surface area contributed by atoms with Crippen LogP contribution < -0.4 is 5.56 Å². The maximum atomic E-state index is 11.5. The molecule has 0 radical (unpaired) electrons. The van der Waals surface area contributed by atoms with Gasteiger partial charge in [-0.2, -0.15) is 5.10 Å². The van der Waals surface area contributed by atoms with Gasteiger partial charge < -0.3 is 15.2 Å². The second kappa shape index (κ2) is 5.53. The Hall–Kier alpha value is -2.35. The second-order valence-electron chi connectivity index (χ2n) is 3.98. The number of aliphatic hydroxyl groups excluding tert-OH is 2. The Morgan fingerprint density at radius 3 is 3.05 bits per heavy atom. The number of rotatable bonds is 5. The van der Waals surface area contributed by atoms with Crippen LogP contribution in [0.25, 0.3) is 16.0 Å². The molecule has 9 nitrogen and oxygen atoms in total. The van der Waals surface area contributed by atoms with Crippen molar-refractivity contribution in [1.29, 1.82) is 0 Å². The van der Waals surface area contributed by atoms with Crippen molar-refractivity contribution in [2.45, 2.75) is 18.6 Å². The lowest BCUT2D eigenvalue weighted by Crippen LogP contribution is -2.18. The lowest BCUT2D eigenvalue weighted by atomic mass is 10.1. The van der Waals surface area contributed by atoms with Gasteiger partial charge in [0.2, 0.25) is 0 Å². The minimum absolute atomic E-state index is 0.0843. The summed E-state index contributed by atoms with van der Waals surface area (Å²) in [6.45, 7) is 0.0843. The number of nitrogens with one attached hydrogen (secondary N) is 1. The van der Waals surface area contributed by atoms with E-state index in [2.05, 4.69) is 20.1 Å². The van der Waals surface area contributed by atoms with Crippen LogP contribution in [-0.2, 0) is 0 Å². The third kappa shape index (κ3) is 2.74. The fraction of sp³-hybridized carbons (Fsp3) is 0.400. The highest BCUT2D eigenvalue weighted by Crippen LogP contribution is 2.20. The van der Waals surface area contributed by atoms with Gasteiger partial charge in [-0.15, -0.1) is 0 Å². The Labute approximate surface area is 106 Å². The third-order valence-corrected chi connectivity index (χ3v) is 2.73. The molecule has 0 amide bonds. The minimum Gasteiger partial charge on any atom is -0.390 e. The van der Waals surface area contributed by atoms with Crippen molar-refractivity contribution in [2.75, 3.05) is 6.54 Å². The molecular formula is C10H12N6O3. The van der Waals surface area contributed by atoms with Crippen molar-refractivity contribution in [3.63, 3.8) is 0 Å². The van der Waals surface area contributed by atoms with Crippen LogP contribution in [0.15, 0.2) is 28.5 Å². The number of nitrogens with zero attached hydrogens (tertiary/aromatic N) is 5. The average molecular weight is 264 g/mol. The van der Waals surface area contributed by atoms with Gasteiger partial charge in [-0.1, -0.05) is 5.11 Å². The number of fused-ring (bicyclic) bond motifs is 1. The SMILES string of the molecule is [N-]=[N+]=NCCC(O)C(O)c1cc2c(=O)[nH]cnn2c1. The van der Waals surface area contributed by atoms with Crippen molar-refractivity contribution >= 4 is 5.52 Å². The number of hydrogen-bond donors (Lipinski definition) is 3. The predicted molar refractivity (Wildman–Crippen MR) is 65.4 cm³/mol. The van der Waals surface area contributed by atoms with Crippen LogP contribution in [-0.4, -0.2) is 37.5 Å². The molecule has 0 spiro atoms. The van der Waals surface area contributed by atoms with Gasteiger partial charge in [-0.05, 0) is 18.0 Å². The number of azide groups is 1. The highest BCUT2D eigenvalue weighted by atomic mass is 16.3. The largest absolute Gasteiger partial charge is 0.390 e. The van der Waals surface area contributed by atoms with E-state index in [4.69, 9.17) is 5.53 Å². The molecule has 3 N–H and O–H groups in total. The number of hydrogen-bond acceptors (Lipinski definition) is 5. The summed E-state index contributed by atoms with van der Waals surface area (Å²) in [6, 6.07) is 1.45. The molecule has 9 heteroatoms. The van der Waals surface area contributed by atoms with Crippen LogP contribution in [0.5, 0.6) is 0 Å². The first-order valence-corrected chi connectivity index (χ1v) is 5.56. The quantitative estimate of drug-likeness (QED) is 0.400. The third-order valence-electron chi connectivity index (χ3n) is 2.73. The van der Waals surface area contributed by atoms with E-state index in [9.17, 15) is 15.0 Å². The van der Waals surface area contributed by atoms with Crippen LogP contribution in [0.4, 0.5) is 0 Å². The summed E-state index contributed by atoms with van der Waals surface area (Å²) < 4.78 is 1.32. The van der Waals surface area contributed by atoms with E-state index in [0.717, 1.165) is 0 Å². The van der Waals surface area contributed by atoms with E-state index in [1.807, 2.05) is 0 Å². The zero-order valence-corrected chi connectivity index (χ0v) is 9.84. The van der Waals surface area contributed by atoms with Crippen LogP contribution in [0.1, 0.15) is 18.1 Å². The molecule has 100 valence electrons. The molecule has 2 heterocycles. The van der Waals surface area contributed by atoms with Gasteiger partial charge >= 0.3 is 0 Å². The van der Waals surface area contributed by atoms with E-state index >= 15 is 0 Å². The molecule has 0 aliphatic carbocycles. The van der Waals surface area contributed by atoms with Crippen LogP contribution >= 0.6 is 0 Å². The minimum atomic E-state index is -1.17. The number of aliphatic hydroxyl groups is 2. The molecular weight excluding hydrogens is 252 g/mol. The van der Waals surface area contributed by atoms with Gasteiger partial charge in [0.05, 0.1) is 6.10 Å². The topological polar surface area (TPSA) is 139 Å². The molecule has 0 saturated carbocycles. The van der Waals surface area contributed by atoms with Crippen molar-refractivity contribution in [3.8, 4) is 0 Å². The number of aromatic amines is 1.